The summed E-state index contributed by atoms with van der Waals surface area (Å²) in [6.45, 7) is 1.26. The van der Waals surface area contributed by atoms with Crippen molar-refractivity contribution in [1.82, 2.24) is 5.32 Å². The number of ether oxygens (including phenoxy) is 1. The van der Waals surface area contributed by atoms with E-state index in [0.717, 1.165) is 24.8 Å². The van der Waals surface area contributed by atoms with Crippen molar-refractivity contribution in [2.75, 3.05) is 13.2 Å². The third kappa shape index (κ3) is 2.32. The van der Waals surface area contributed by atoms with Crippen molar-refractivity contribution in [1.29, 1.82) is 0 Å². The summed E-state index contributed by atoms with van der Waals surface area (Å²) in [7, 11) is 0. The molecule has 0 aliphatic heterocycles. The topological polar surface area (TPSA) is 58.6 Å². The van der Waals surface area contributed by atoms with Crippen molar-refractivity contribution in [3.8, 4) is 0 Å². The standard InChI is InChI=1S/C15H19NO3/c17-11-15-7-14(8-15,9-15)10-16-13(18)19-6-12-4-2-1-3-5-12/h1-5,17H,6-11H2,(H,16,18). The summed E-state index contributed by atoms with van der Waals surface area (Å²) < 4.78 is 5.16. The number of amides is 1. The fourth-order valence-corrected chi connectivity index (χ4v) is 3.62. The first-order chi connectivity index (χ1) is 9.15. The zero-order valence-corrected chi connectivity index (χ0v) is 10.9. The molecule has 3 aliphatic rings. The molecule has 0 atom stereocenters. The summed E-state index contributed by atoms with van der Waals surface area (Å²) in [5, 5.41) is 12.0. The summed E-state index contributed by atoms with van der Waals surface area (Å²) in [6, 6.07) is 9.64. The molecule has 102 valence electrons. The van der Waals surface area contributed by atoms with Gasteiger partial charge in [0.2, 0.25) is 0 Å². The summed E-state index contributed by atoms with van der Waals surface area (Å²) in [6.07, 6.45) is 2.76. The van der Waals surface area contributed by atoms with Crippen LogP contribution in [0.15, 0.2) is 30.3 Å². The molecule has 0 aromatic heterocycles. The van der Waals surface area contributed by atoms with Gasteiger partial charge in [0.25, 0.3) is 0 Å². The molecular weight excluding hydrogens is 242 g/mol. The molecule has 0 radical (unpaired) electrons. The normalized spacial score (nSPS) is 31.0. The maximum absolute atomic E-state index is 11.6. The van der Waals surface area contributed by atoms with Crippen molar-refractivity contribution in [3.05, 3.63) is 35.9 Å². The minimum atomic E-state index is -0.355. The van der Waals surface area contributed by atoms with Gasteiger partial charge in [0.05, 0.1) is 0 Å². The van der Waals surface area contributed by atoms with Gasteiger partial charge in [0, 0.05) is 13.2 Å². The Labute approximate surface area is 112 Å². The first-order valence-electron chi connectivity index (χ1n) is 6.71. The second-order valence-electron chi connectivity index (χ2n) is 6.10. The van der Waals surface area contributed by atoms with Crippen molar-refractivity contribution >= 4 is 6.09 Å². The molecule has 1 aromatic rings. The minimum absolute atomic E-state index is 0.190. The Balaban J connectivity index is 1.37. The van der Waals surface area contributed by atoms with Gasteiger partial charge < -0.3 is 15.2 Å². The third-order valence-corrected chi connectivity index (χ3v) is 4.41. The number of aliphatic hydroxyl groups is 1. The highest BCUT2D eigenvalue weighted by atomic mass is 16.5. The van der Waals surface area contributed by atoms with E-state index >= 15 is 0 Å². The molecule has 0 heterocycles. The fourth-order valence-electron chi connectivity index (χ4n) is 3.62. The second-order valence-corrected chi connectivity index (χ2v) is 6.10. The van der Waals surface area contributed by atoms with E-state index in [-0.39, 0.29) is 23.5 Å². The smallest absolute Gasteiger partial charge is 0.407 e. The van der Waals surface area contributed by atoms with E-state index in [2.05, 4.69) is 5.32 Å². The van der Waals surface area contributed by atoms with Gasteiger partial charge in [-0.1, -0.05) is 30.3 Å². The van der Waals surface area contributed by atoms with Crippen LogP contribution in [-0.4, -0.2) is 24.4 Å². The van der Waals surface area contributed by atoms with E-state index in [9.17, 15) is 9.90 Å². The van der Waals surface area contributed by atoms with Gasteiger partial charge in [-0.2, -0.15) is 0 Å². The highest BCUT2D eigenvalue weighted by Gasteiger charge is 2.66. The van der Waals surface area contributed by atoms with Crippen molar-refractivity contribution in [2.24, 2.45) is 10.8 Å². The lowest BCUT2D eigenvalue weighted by Crippen LogP contribution is -2.67. The fraction of sp³-hybridized carbons (Fsp3) is 0.533. The van der Waals surface area contributed by atoms with Gasteiger partial charge in [-0.05, 0) is 35.7 Å². The van der Waals surface area contributed by atoms with Gasteiger partial charge in [-0.3, -0.25) is 0 Å². The van der Waals surface area contributed by atoms with Gasteiger partial charge in [0.15, 0.2) is 0 Å². The largest absolute Gasteiger partial charge is 0.445 e. The van der Waals surface area contributed by atoms with Crippen LogP contribution in [0.3, 0.4) is 0 Å². The molecule has 2 N–H and O–H groups in total. The average Bonchev–Trinajstić information content (AvgIpc) is 2.35. The van der Waals surface area contributed by atoms with Crippen LogP contribution in [0.4, 0.5) is 4.79 Å². The van der Waals surface area contributed by atoms with Crippen molar-refractivity contribution < 1.29 is 14.6 Å². The highest BCUT2D eigenvalue weighted by molar-refractivity contribution is 5.67. The molecule has 2 bridgehead atoms. The third-order valence-electron chi connectivity index (χ3n) is 4.41. The molecule has 0 spiro atoms. The van der Waals surface area contributed by atoms with Gasteiger partial charge >= 0.3 is 6.09 Å². The first-order valence-corrected chi connectivity index (χ1v) is 6.71. The summed E-state index contributed by atoms with van der Waals surface area (Å²) >= 11 is 0. The van der Waals surface area contributed by atoms with Gasteiger partial charge in [0.1, 0.15) is 6.61 Å². The maximum atomic E-state index is 11.6. The average molecular weight is 261 g/mol. The number of rotatable bonds is 5. The Morgan fingerprint density at radius 3 is 2.53 bits per heavy atom. The molecule has 0 unspecified atom stereocenters. The number of aliphatic hydroxyl groups excluding tert-OH is 1. The van der Waals surface area contributed by atoms with Crippen molar-refractivity contribution in [2.45, 2.75) is 25.9 Å². The lowest BCUT2D eigenvalue weighted by Gasteiger charge is -2.70. The van der Waals surface area contributed by atoms with Crippen LogP contribution < -0.4 is 5.32 Å². The summed E-state index contributed by atoms with van der Waals surface area (Å²) in [4.78, 5) is 11.6. The quantitative estimate of drug-likeness (QED) is 0.853. The molecule has 4 nitrogen and oxygen atoms in total. The Kier molecular flexibility index (Phi) is 2.97. The molecule has 4 heteroatoms. The molecule has 1 aromatic carbocycles. The van der Waals surface area contributed by atoms with E-state index in [1.807, 2.05) is 30.3 Å². The maximum Gasteiger partial charge on any atom is 0.407 e. The SMILES string of the molecule is O=C(NCC12CC(CO)(C1)C2)OCc1ccccc1. The van der Waals surface area contributed by atoms with Crippen LogP contribution in [0.1, 0.15) is 24.8 Å². The number of alkyl carbamates (subject to hydrolysis) is 1. The van der Waals surface area contributed by atoms with Crippen LogP contribution in [0.5, 0.6) is 0 Å². The van der Waals surface area contributed by atoms with Crippen LogP contribution in [-0.2, 0) is 11.3 Å². The lowest BCUT2D eigenvalue weighted by atomic mass is 9.35. The monoisotopic (exact) mass is 261 g/mol. The minimum Gasteiger partial charge on any atom is -0.445 e. The Morgan fingerprint density at radius 1 is 1.21 bits per heavy atom. The summed E-state index contributed by atoms with van der Waals surface area (Å²) in [5.74, 6) is 0. The lowest BCUT2D eigenvalue weighted by molar-refractivity contribution is -0.218. The zero-order valence-electron chi connectivity index (χ0n) is 10.9. The second kappa shape index (κ2) is 4.53. The molecule has 19 heavy (non-hydrogen) atoms. The van der Waals surface area contributed by atoms with Crippen molar-refractivity contribution in [3.63, 3.8) is 0 Å². The van der Waals surface area contributed by atoms with E-state index in [1.54, 1.807) is 0 Å². The predicted molar refractivity (Wildman–Crippen MR) is 70.4 cm³/mol. The molecule has 4 rings (SSSR count). The van der Waals surface area contributed by atoms with E-state index in [1.165, 1.54) is 0 Å². The Hall–Kier alpha value is -1.55. The van der Waals surface area contributed by atoms with Crippen LogP contribution in [0.2, 0.25) is 0 Å². The zero-order chi connectivity index (χ0) is 13.3. The number of nitrogens with one attached hydrogen (secondary N) is 1. The van der Waals surface area contributed by atoms with Crippen LogP contribution in [0, 0.1) is 10.8 Å². The molecular formula is C15H19NO3. The molecule has 3 aliphatic carbocycles. The number of hydrogen-bond acceptors (Lipinski definition) is 3. The number of carbonyl (C=O) groups excluding carboxylic acids is 1. The predicted octanol–water partition coefficient (Wildman–Crippen LogP) is 2.08. The first kappa shape index (κ1) is 12.5. The van der Waals surface area contributed by atoms with E-state index in [0.29, 0.717) is 13.2 Å². The Morgan fingerprint density at radius 2 is 1.89 bits per heavy atom. The summed E-state index contributed by atoms with van der Waals surface area (Å²) in [5.41, 5.74) is 1.42. The molecule has 3 fully saturated rings. The van der Waals surface area contributed by atoms with E-state index < -0.39 is 0 Å². The number of hydrogen-bond donors (Lipinski definition) is 2. The Bertz CT molecular complexity index is 452. The highest BCUT2D eigenvalue weighted by Crippen LogP contribution is 2.72. The molecule has 1 amide bonds. The molecule has 0 saturated heterocycles. The van der Waals surface area contributed by atoms with Crippen LogP contribution >= 0.6 is 0 Å². The number of benzene rings is 1. The van der Waals surface area contributed by atoms with Gasteiger partial charge in [-0.15, -0.1) is 0 Å². The number of carbonyl (C=O) groups is 1. The van der Waals surface area contributed by atoms with E-state index in [4.69, 9.17) is 4.74 Å². The molecule has 3 saturated carbocycles. The van der Waals surface area contributed by atoms with Crippen LogP contribution in [0.25, 0.3) is 0 Å². The van der Waals surface area contributed by atoms with Gasteiger partial charge in [-0.25, -0.2) is 4.79 Å².